The van der Waals surface area contributed by atoms with Gasteiger partial charge in [0.05, 0.1) is 14.4 Å². The average molecular weight is 93.9 g/mol. The fourth-order valence-electron chi connectivity index (χ4n) is 0.537. The van der Waals surface area contributed by atoms with Crippen LogP contribution in [0.15, 0.2) is 4.99 Å². The van der Waals surface area contributed by atoms with Crippen molar-refractivity contribution in [2.75, 3.05) is 13.1 Å². The highest BCUT2D eigenvalue weighted by atomic mass is 15.0. The lowest BCUT2D eigenvalue weighted by molar-refractivity contribution is 0.712. The molecular weight excluding hydrogens is 86.9 g/mol. The number of nitrogens with one attached hydrogen (secondary N) is 1. The fraction of sp³-hybridized carbons (Fsp3) is 0.750. The maximum Gasteiger partial charge on any atom is 0.0985 e. The normalized spacial score (nSPS) is 30.6. The van der Waals surface area contributed by atoms with E-state index in [4.69, 9.17) is 7.85 Å². The molecule has 1 rings (SSSR count). The Morgan fingerprint density at radius 3 is 3.00 bits per heavy atom. The van der Waals surface area contributed by atoms with Crippen molar-refractivity contribution in [1.82, 2.24) is 5.32 Å². The summed E-state index contributed by atoms with van der Waals surface area (Å²) in [6.07, 6.45) is 1.73. The summed E-state index contributed by atoms with van der Waals surface area (Å²) in [5.74, 6) is -0.00579. The Kier molecular flexibility index (Phi) is 1.47. The number of hydrogen-bond donors (Lipinski definition) is 1. The van der Waals surface area contributed by atoms with Gasteiger partial charge in [-0.3, -0.25) is 4.99 Å². The molecule has 1 aliphatic rings. The van der Waals surface area contributed by atoms with Gasteiger partial charge in [-0.1, -0.05) is 0 Å². The number of aliphatic imine (C=N–C) groups is 1. The van der Waals surface area contributed by atoms with Crippen molar-refractivity contribution < 1.29 is 0 Å². The zero-order valence-corrected chi connectivity index (χ0v) is 4.09. The number of nitrogens with zero attached hydrogens (tertiary/aromatic N) is 1. The van der Waals surface area contributed by atoms with Gasteiger partial charge >= 0.3 is 0 Å². The Labute approximate surface area is 44.4 Å². The first-order chi connectivity index (χ1) is 3.39. The molecule has 0 aromatic heterocycles. The summed E-state index contributed by atoms with van der Waals surface area (Å²) in [4.78, 5) is 3.95. The van der Waals surface area contributed by atoms with Crippen molar-refractivity contribution in [3.8, 4) is 0 Å². The molecule has 7 heavy (non-hydrogen) atoms. The zero-order valence-electron chi connectivity index (χ0n) is 4.09. The first kappa shape index (κ1) is 4.84. The lowest BCUT2D eigenvalue weighted by Crippen LogP contribution is -2.36. The molecule has 2 nitrogen and oxygen atoms in total. The molecule has 1 aliphatic heterocycles. The van der Waals surface area contributed by atoms with Crippen LogP contribution in [0.3, 0.4) is 0 Å². The van der Waals surface area contributed by atoms with Gasteiger partial charge in [-0.2, -0.15) is 0 Å². The van der Waals surface area contributed by atoms with E-state index in [1.165, 1.54) is 0 Å². The third kappa shape index (κ3) is 1.31. The van der Waals surface area contributed by atoms with Gasteiger partial charge in [-0.05, 0) is 0 Å². The Balaban J connectivity index is 2.36. The van der Waals surface area contributed by atoms with Crippen molar-refractivity contribution in [3.05, 3.63) is 0 Å². The topological polar surface area (TPSA) is 24.4 Å². The molecule has 1 N–H and O–H groups in total. The minimum Gasteiger partial charge on any atom is -0.316 e. The Hall–Kier alpha value is -0.305. The maximum absolute atomic E-state index is 5.37. The van der Waals surface area contributed by atoms with Gasteiger partial charge in [0.15, 0.2) is 0 Å². The predicted molar refractivity (Wildman–Crippen MR) is 30.9 cm³/mol. The third-order valence-electron chi connectivity index (χ3n) is 0.887. The molecular formula is C4H7BN2. The van der Waals surface area contributed by atoms with Crippen molar-refractivity contribution in [3.63, 3.8) is 0 Å². The van der Waals surface area contributed by atoms with Crippen molar-refractivity contribution in [2.24, 2.45) is 4.99 Å². The van der Waals surface area contributed by atoms with Gasteiger partial charge < -0.3 is 5.32 Å². The standard InChI is InChI=1S/C4H7BN2/c5-4-3-6-1-2-7-4/h3-4,7H,1-2H2. The van der Waals surface area contributed by atoms with Gasteiger partial charge in [-0.25, -0.2) is 0 Å². The van der Waals surface area contributed by atoms with E-state index in [9.17, 15) is 0 Å². The second-order valence-electron chi connectivity index (χ2n) is 1.54. The van der Waals surface area contributed by atoms with Crippen molar-refractivity contribution >= 4 is 14.1 Å². The molecule has 0 saturated carbocycles. The highest BCUT2D eigenvalue weighted by molar-refractivity contribution is 6.20. The number of rotatable bonds is 0. The summed E-state index contributed by atoms with van der Waals surface area (Å²) >= 11 is 0. The summed E-state index contributed by atoms with van der Waals surface area (Å²) in [7, 11) is 5.37. The molecule has 0 aromatic carbocycles. The zero-order chi connectivity index (χ0) is 5.11. The van der Waals surface area contributed by atoms with E-state index in [1.54, 1.807) is 6.21 Å². The lowest BCUT2D eigenvalue weighted by atomic mass is 9.97. The molecule has 1 unspecified atom stereocenters. The summed E-state index contributed by atoms with van der Waals surface area (Å²) in [5, 5.41) is 3.01. The maximum atomic E-state index is 5.37. The lowest BCUT2D eigenvalue weighted by Gasteiger charge is -2.11. The molecule has 3 heteroatoms. The average Bonchev–Trinajstić information content (AvgIpc) is 1.69. The minimum atomic E-state index is -0.00579. The molecule has 0 fully saturated rings. The molecule has 0 amide bonds. The molecule has 0 aliphatic carbocycles. The van der Waals surface area contributed by atoms with Gasteiger partial charge in [-0.15, -0.1) is 0 Å². The van der Waals surface area contributed by atoms with E-state index >= 15 is 0 Å². The van der Waals surface area contributed by atoms with E-state index in [0.717, 1.165) is 13.1 Å². The number of hydrogen-bond acceptors (Lipinski definition) is 2. The van der Waals surface area contributed by atoms with Crippen LogP contribution in [0.5, 0.6) is 0 Å². The van der Waals surface area contributed by atoms with Gasteiger partial charge in [0, 0.05) is 18.7 Å². The second kappa shape index (κ2) is 2.12. The first-order valence-electron chi connectivity index (χ1n) is 2.38. The minimum absolute atomic E-state index is 0.00579. The molecule has 1 heterocycles. The van der Waals surface area contributed by atoms with Crippen LogP contribution in [0, 0.1) is 0 Å². The van der Waals surface area contributed by atoms with Crippen molar-refractivity contribution in [2.45, 2.75) is 5.94 Å². The molecule has 0 spiro atoms. The summed E-state index contributed by atoms with van der Waals surface area (Å²) in [5.41, 5.74) is 0. The molecule has 0 bridgehead atoms. The summed E-state index contributed by atoms with van der Waals surface area (Å²) < 4.78 is 0. The molecule has 1 atom stereocenters. The van der Waals surface area contributed by atoms with Crippen molar-refractivity contribution in [1.29, 1.82) is 0 Å². The molecule has 36 valence electrons. The smallest absolute Gasteiger partial charge is 0.0985 e. The third-order valence-corrected chi connectivity index (χ3v) is 0.887. The Morgan fingerprint density at radius 2 is 2.71 bits per heavy atom. The highest BCUT2D eigenvalue weighted by Crippen LogP contribution is 1.78. The second-order valence-corrected chi connectivity index (χ2v) is 1.54. The van der Waals surface area contributed by atoms with Crippen LogP contribution in [0.1, 0.15) is 0 Å². The van der Waals surface area contributed by atoms with E-state index < -0.39 is 0 Å². The summed E-state index contributed by atoms with van der Waals surface area (Å²) in [6, 6.07) is 0. The van der Waals surface area contributed by atoms with E-state index in [-0.39, 0.29) is 5.94 Å². The highest BCUT2D eigenvalue weighted by Gasteiger charge is 1.97. The van der Waals surface area contributed by atoms with E-state index in [2.05, 4.69) is 10.3 Å². The van der Waals surface area contributed by atoms with E-state index in [0.29, 0.717) is 0 Å². The monoisotopic (exact) mass is 94.1 g/mol. The summed E-state index contributed by atoms with van der Waals surface area (Å²) in [6.45, 7) is 1.78. The van der Waals surface area contributed by atoms with Crippen LogP contribution in [0.2, 0.25) is 0 Å². The van der Waals surface area contributed by atoms with Gasteiger partial charge in [0.1, 0.15) is 0 Å². The Morgan fingerprint density at radius 1 is 1.86 bits per heavy atom. The van der Waals surface area contributed by atoms with Crippen LogP contribution < -0.4 is 5.32 Å². The predicted octanol–water partition coefficient (Wildman–Crippen LogP) is -0.845. The molecule has 0 saturated heterocycles. The first-order valence-corrected chi connectivity index (χ1v) is 2.38. The van der Waals surface area contributed by atoms with Gasteiger partial charge in [0.2, 0.25) is 0 Å². The van der Waals surface area contributed by atoms with Crippen LogP contribution in [0.4, 0.5) is 0 Å². The molecule has 2 radical (unpaired) electrons. The van der Waals surface area contributed by atoms with Crippen LogP contribution in [0.25, 0.3) is 0 Å². The Bertz CT molecular complexity index is 81.8. The van der Waals surface area contributed by atoms with Gasteiger partial charge in [0.25, 0.3) is 0 Å². The largest absolute Gasteiger partial charge is 0.316 e. The van der Waals surface area contributed by atoms with Crippen LogP contribution in [-0.2, 0) is 0 Å². The quantitative estimate of drug-likeness (QED) is 0.388. The SMILES string of the molecule is [B]C1C=NCCN1. The fourth-order valence-corrected chi connectivity index (χ4v) is 0.537. The molecule has 0 aromatic rings. The van der Waals surface area contributed by atoms with Crippen LogP contribution >= 0.6 is 0 Å². The van der Waals surface area contributed by atoms with E-state index in [1.807, 2.05) is 0 Å². The van der Waals surface area contributed by atoms with Crippen LogP contribution in [-0.4, -0.2) is 33.1 Å².